The Morgan fingerprint density at radius 2 is 1.35 bits per heavy atom. The highest BCUT2D eigenvalue weighted by Gasteiger charge is 2.35. The maximum atomic E-state index is 13.3. The number of aliphatic hydroxyl groups excluding tert-OH is 1. The first-order chi connectivity index (χ1) is 17.1. The van der Waals surface area contributed by atoms with Crippen LogP contribution < -0.4 is 0 Å². The molecule has 1 amide bonds. The van der Waals surface area contributed by atoms with Crippen LogP contribution in [0.25, 0.3) is 0 Å². The van der Waals surface area contributed by atoms with Crippen LogP contribution in [0.5, 0.6) is 0 Å². The smallest absolute Gasteiger partial charge is 0.323 e. The average Bonchev–Trinajstić information content (AvgIpc) is 2.82. The topological polar surface area (TPSA) is 94.9 Å². The summed E-state index contributed by atoms with van der Waals surface area (Å²) in [7, 11) is 1.49. The number of aryl methyl sites for hydroxylation is 2. The second-order valence-electron chi connectivity index (χ2n) is 11.4. The van der Waals surface area contributed by atoms with E-state index in [0.29, 0.717) is 11.1 Å². The Kier molecular flexibility index (Phi) is 9.48. The summed E-state index contributed by atoms with van der Waals surface area (Å²) in [5.74, 6) is -1.95. The largest absolute Gasteiger partial charge is 0.480 e. The van der Waals surface area contributed by atoms with Gasteiger partial charge < -0.3 is 15.1 Å². The van der Waals surface area contributed by atoms with Gasteiger partial charge in [0.2, 0.25) is 0 Å². The number of Topliss-reactive ketones (excluding diaryl/α,β-unsaturated/α-hetero) is 1. The van der Waals surface area contributed by atoms with Gasteiger partial charge in [0.05, 0.1) is 6.10 Å². The Morgan fingerprint density at radius 1 is 0.892 bits per heavy atom. The highest BCUT2D eigenvalue weighted by atomic mass is 16.4. The molecule has 2 rings (SSSR count). The number of likely N-dealkylation sites (N-methyl/N-ethyl adjacent to an activating group) is 1. The zero-order valence-electron chi connectivity index (χ0n) is 23.8. The molecule has 202 valence electrons. The van der Waals surface area contributed by atoms with E-state index in [4.69, 9.17) is 5.11 Å². The first-order valence-corrected chi connectivity index (χ1v) is 13.0. The van der Waals surface area contributed by atoms with Gasteiger partial charge in [0.15, 0.2) is 5.78 Å². The van der Waals surface area contributed by atoms with Crippen LogP contribution in [0.2, 0.25) is 0 Å². The van der Waals surface area contributed by atoms with Crippen LogP contribution in [-0.4, -0.2) is 52.5 Å². The molecule has 2 N–H and O–H groups in total. The number of nitrogens with zero attached hydrogens (tertiary/aromatic N) is 1. The molecular formula is C31H43NO5. The molecule has 0 saturated carbocycles. The van der Waals surface area contributed by atoms with Gasteiger partial charge in [-0.3, -0.25) is 14.4 Å². The van der Waals surface area contributed by atoms with E-state index in [1.54, 1.807) is 13.0 Å². The molecule has 0 spiro atoms. The Hall–Kier alpha value is -2.99. The van der Waals surface area contributed by atoms with Crippen LogP contribution in [0.3, 0.4) is 0 Å². The van der Waals surface area contributed by atoms with Crippen molar-refractivity contribution < 1.29 is 24.6 Å². The van der Waals surface area contributed by atoms with Gasteiger partial charge in [-0.2, -0.15) is 0 Å². The third kappa shape index (κ3) is 6.30. The lowest BCUT2D eigenvalue weighted by molar-refractivity contribution is -0.137. The monoisotopic (exact) mass is 509 g/mol. The van der Waals surface area contributed by atoms with Crippen LogP contribution in [0, 0.1) is 25.2 Å². The van der Waals surface area contributed by atoms with E-state index in [9.17, 15) is 19.5 Å². The lowest BCUT2D eigenvalue weighted by Gasteiger charge is -2.35. The average molecular weight is 510 g/mol. The van der Waals surface area contributed by atoms with Crippen LogP contribution >= 0.6 is 0 Å². The molecule has 2 atom stereocenters. The molecule has 6 heteroatoms. The summed E-state index contributed by atoms with van der Waals surface area (Å²) in [6.07, 6.45) is 0.894. The Labute approximate surface area is 221 Å². The summed E-state index contributed by atoms with van der Waals surface area (Å²) in [6, 6.07) is 11.7. The van der Waals surface area contributed by atoms with Crippen molar-refractivity contribution in [3.05, 3.63) is 69.8 Å². The highest BCUT2D eigenvalue weighted by Crippen LogP contribution is 2.40. The second kappa shape index (κ2) is 11.6. The molecule has 0 aliphatic rings. The third-order valence-corrected chi connectivity index (χ3v) is 7.75. The van der Waals surface area contributed by atoms with Crippen molar-refractivity contribution in [3.63, 3.8) is 0 Å². The van der Waals surface area contributed by atoms with Crippen molar-refractivity contribution >= 4 is 17.7 Å². The number of ketones is 1. The van der Waals surface area contributed by atoms with Crippen LogP contribution in [0.1, 0.15) is 97.4 Å². The maximum absolute atomic E-state index is 13.3. The molecule has 37 heavy (non-hydrogen) atoms. The van der Waals surface area contributed by atoms with E-state index in [-0.39, 0.29) is 23.7 Å². The van der Waals surface area contributed by atoms with Gasteiger partial charge >= 0.3 is 5.97 Å². The summed E-state index contributed by atoms with van der Waals surface area (Å²) < 4.78 is 0. The number of hydrogen-bond acceptors (Lipinski definition) is 4. The van der Waals surface area contributed by atoms with Crippen molar-refractivity contribution in [2.45, 2.75) is 79.8 Å². The predicted molar refractivity (Wildman–Crippen MR) is 147 cm³/mol. The zero-order valence-corrected chi connectivity index (χ0v) is 23.8. The Morgan fingerprint density at radius 3 is 1.73 bits per heavy atom. The molecule has 2 unspecified atom stereocenters. The number of rotatable bonds is 10. The normalized spacial score (nSPS) is 13.7. The summed E-state index contributed by atoms with van der Waals surface area (Å²) in [4.78, 5) is 38.3. The fourth-order valence-electron chi connectivity index (χ4n) is 5.29. The third-order valence-electron chi connectivity index (χ3n) is 7.75. The van der Waals surface area contributed by atoms with E-state index in [2.05, 4.69) is 19.9 Å². The molecule has 0 aromatic heterocycles. The van der Waals surface area contributed by atoms with Crippen molar-refractivity contribution in [1.29, 1.82) is 0 Å². The molecule has 0 heterocycles. The molecule has 0 radical (unpaired) electrons. The van der Waals surface area contributed by atoms with Gasteiger partial charge in [-0.25, -0.2) is 0 Å². The van der Waals surface area contributed by atoms with Crippen molar-refractivity contribution in [1.82, 2.24) is 4.90 Å². The Balaban J connectivity index is 2.48. The summed E-state index contributed by atoms with van der Waals surface area (Å²) in [6.45, 7) is 15.3. The molecule has 2 aromatic rings. The van der Waals surface area contributed by atoms with Gasteiger partial charge in [0.1, 0.15) is 6.54 Å². The molecule has 2 aromatic carbocycles. The predicted octanol–water partition coefficient (Wildman–Crippen LogP) is 5.79. The summed E-state index contributed by atoms with van der Waals surface area (Å²) in [5.41, 5.74) is 4.23. The van der Waals surface area contributed by atoms with E-state index in [1.807, 2.05) is 58.9 Å². The number of carbonyl (C=O) groups excluding carboxylic acids is 2. The van der Waals surface area contributed by atoms with Crippen LogP contribution in [0.4, 0.5) is 0 Å². The first-order valence-electron chi connectivity index (χ1n) is 13.0. The lowest BCUT2D eigenvalue weighted by Crippen LogP contribution is -2.36. The fraction of sp³-hybridized carbons (Fsp3) is 0.516. The maximum Gasteiger partial charge on any atom is 0.323 e. The van der Waals surface area contributed by atoms with Gasteiger partial charge in [-0.05, 0) is 60.4 Å². The van der Waals surface area contributed by atoms with Crippen molar-refractivity contribution in [3.8, 4) is 0 Å². The second-order valence-corrected chi connectivity index (χ2v) is 11.4. The lowest BCUT2D eigenvalue weighted by atomic mass is 9.69. The molecule has 0 aliphatic carbocycles. The molecule has 0 fully saturated rings. The van der Waals surface area contributed by atoms with Gasteiger partial charge in [0, 0.05) is 29.5 Å². The van der Waals surface area contributed by atoms with E-state index >= 15 is 0 Å². The number of benzene rings is 2. The molecule has 0 aliphatic heterocycles. The Bertz CT molecular complexity index is 1160. The molecule has 6 nitrogen and oxygen atoms in total. The van der Waals surface area contributed by atoms with Crippen LogP contribution in [0.15, 0.2) is 36.4 Å². The van der Waals surface area contributed by atoms with E-state index in [1.165, 1.54) is 11.9 Å². The molecule has 0 bridgehead atoms. The number of carboxylic acids is 1. The minimum absolute atomic E-state index is 0.0609. The van der Waals surface area contributed by atoms with Crippen LogP contribution in [-0.2, 0) is 10.2 Å². The SMILES string of the molecule is CCC(CC)(c1ccc(C(=O)C(C)C(O)C(C)(C)C)c(C)c1)c1ccc(C(=O)N(C)CC(=O)O)c(C)c1. The molecular weight excluding hydrogens is 466 g/mol. The number of carboxylic acid groups (broad SMARTS) is 1. The molecule has 0 saturated heterocycles. The van der Waals surface area contributed by atoms with Gasteiger partial charge in [-0.1, -0.05) is 71.9 Å². The number of amides is 1. The first kappa shape index (κ1) is 30.2. The summed E-state index contributed by atoms with van der Waals surface area (Å²) >= 11 is 0. The zero-order chi connectivity index (χ0) is 28.3. The minimum atomic E-state index is -1.05. The van der Waals surface area contributed by atoms with Crippen molar-refractivity contribution in [2.24, 2.45) is 11.3 Å². The number of aliphatic hydroxyl groups is 1. The highest BCUT2D eigenvalue weighted by molar-refractivity contribution is 5.99. The number of carbonyl (C=O) groups is 3. The van der Waals surface area contributed by atoms with Gasteiger partial charge in [0.25, 0.3) is 5.91 Å². The summed E-state index contributed by atoms with van der Waals surface area (Å²) in [5, 5.41) is 19.7. The standard InChI is InChI=1S/C31H43NO5/c1-10-31(11-2,23-13-15-25(20(4)17-23)29(37)32(9)18-26(33)34)22-12-14-24(19(3)16-22)27(35)21(5)28(36)30(6,7)8/h12-17,21,28,36H,10-11,18H2,1-9H3,(H,33,34). The van der Waals surface area contributed by atoms with Crippen molar-refractivity contribution in [2.75, 3.05) is 13.6 Å². The fourth-order valence-corrected chi connectivity index (χ4v) is 5.29. The van der Waals surface area contributed by atoms with E-state index < -0.39 is 23.4 Å². The number of aliphatic carboxylic acids is 1. The quantitative estimate of drug-likeness (QED) is 0.395. The minimum Gasteiger partial charge on any atom is -0.480 e. The van der Waals surface area contributed by atoms with E-state index in [0.717, 1.165) is 35.1 Å². The van der Waals surface area contributed by atoms with Gasteiger partial charge in [-0.15, -0.1) is 0 Å². The number of hydrogen-bond donors (Lipinski definition) is 2.